The number of ether oxygens (including phenoxy) is 1. The minimum absolute atomic E-state index is 0.339. The third-order valence-electron chi connectivity index (χ3n) is 3.75. The Hall–Kier alpha value is -0.160. The highest BCUT2D eigenvalue weighted by Gasteiger charge is 2.44. The zero-order chi connectivity index (χ0) is 10.9. The summed E-state index contributed by atoms with van der Waals surface area (Å²) in [4.78, 5) is 2.28. The molecule has 1 saturated carbocycles. The second-order valence-electron chi connectivity index (χ2n) is 4.96. The van der Waals surface area contributed by atoms with Gasteiger partial charge in [0.1, 0.15) is 0 Å². The number of β-amino-alcohol motifs (C(OH)–C–C–N with tert-alkyl or cyclic N) is 1. The number of likely N-dealkylation sites (tertiary alicyclic amines) is 1. The Balaban J connectivity index is 1.85. The van der Waals surface area contributed by atoms with E-state index in [1.165, 1.54) is 0 Å². The van der Waals surface area contributed by atoms with Gasteiger partial charge in [0, 0.05) is 33.3 Å². The van der Waals surface area contributed by atoms with Crippen molar-refractivity contribution < 1.29 is 9.84 Å². The average Bonchev–Trinajstić information content (AvgIpc) is 3.01. The molecule has 0 amide bonds. The number of nitrogens with zero attached hydrogens (tertiary/aromatic N) is 1. The van der Waals surface area contributed by atoms with Crippen LogP contribution in [0, 0.1) is 5.92 Å². The van der Waals surface area contributed by atoms with Crippen molar-refractivity contribution in [2.75, 3.05) is 33.3 Å². The SMILES string of the molecule is COC1CCN(CC(O)(CN)C2CC2)C1. The number of nitrogens with two attached hydrogens (primary N) is 1. The third-order valence-corrected chi connectivity index (χ3v) is 3.75. The van der Waals surface area contributed by atoms with Crippen molar-refractivity contribution in [1.82, 2.24) is 4.90 Å². The zero-order valence-electron chi connectivity index (χ0n) is 9.48. The van der Waals surface area contributed by atoms with Gasteiger partial charge < -0.3 is 15.6 Å². The molecule has 1 saturated heterocycles. The Bertz CT molecular complexity index is 221. The lowest BCUT2D eigenvalue weighted by Crippen LogP contribution is -2.49. The number of methoxy groups -OCH3 is 1. The van der Waals surface area contributed by atoms with Crippen molar-refractivity contribution in [3.05, 3.63) is 0 Å². The number of hydrogen-bond acceptors (Lipinski definition) is 4. The predicted molar refractivity (Wildman–Crippen MR) is 58.6 cm³/mol. The topological polar surface area (TPSA) is 58.7 Å². The van der Waals surface area contributed by atoms with Crippen LogP contribution in [0.3, 0.4) is 0 Å². The second kappa shape index (κ2) is 4.37. The molecule has 0 aromatic rings. The summed E-state index contributed by atoms with van der Waals surface area (Å²) in [6.45, 7) is 3.05. The summed E-state index contributed by atoms with van der Waals surface area (Å²) >= 11 is 0. The van der Waals surface area contributed by atoms with E-state index in [9.17, 15) is 5.11 Å². The summed E-state index contributed by atoms with van der Waals surface area (Å²) in [5.74, 6) is 0.434. The van der Waals surface area contributed by atoms with Crippen LogP contribution in [0.1, 0.15) is 19.3 Å². The van der Waals surface area contributed by atoms with Gasteiger partial charge in [-0.15, -0.1) is 0 Å². The first-order valence-electron chi connectivity index (χ1n) is 5.85. The summed E-state index contributed by atoms with van der Waals surface area (Å²) in [6.07, 6.45) is 3.68. The summed E-state index contributed by atoms with van der Waals surface area (Å²) in [5, 5.41) is 10.4. The fourth-order valence-corrected chi connectivity index (χ4v) is 2.50. The maximum atomic E-state index is 10.4. The molecular formula is C11H22N2O2. The van der Waals surface area contributed by atoms with Crippen LogP contribution < -0.4 is 5.73 Å². The summed E-state index contributed by atoms with van der Waals surface area (Å²) in [5.41, 5.74) is 5.04. The Kier molecular flexibility index (Phi) is 3.30. The second-order valence-corrected chi connectivity index (χ2v) is 4.96. The summed E-state index contributed by atoms with van der Waals surface area (Å²) < 4.78 is 5.31. The molecule has 1 aliphatic heterocycles. The molecule has 88 valence electrons. The van der Waals surface area contributed by atoms with Crippen molar-refractivity contribution in [3.8, 4) is 0 Å². The Labute approximate surface area is 91.4 Å². The molecule has 0 bridgehead atoms. The van der Waals surface area contributed by atoms with E-state index in [2.05, 4.69) is 4.90 Å². The van der Waals surface area contributed by atoms with Gasteiger partial charge in [0.15, 0.2) is 0 Å². The van der Waals surface area contributed by atoms with Crippen molar-refractivity contribution in [1.29, 1.82) is 0 Å². The normalized spacial score (nSPS) is 31.8. The molecule has 4 heteroatoms. The predicted octanol–water partition coefficient (Wildman–Crippen LogP) is -0.193. The molecule has 2 atom stereocenters. The number of hydrogen-bond donors (Lipinski definition) is 2. The lowest BCUT2D eigenvalue weighted by molar-refractivity contribution is -0.00647. The molecule has 2 fully saturated rings. The van der Waals surface area contributed by atoms with Crippen LogP contribution >= 0.6 is 0 Å². The zero-order valence-corrected chi connectivity index (χ0v) is 9.48. The lowest BCUT2D eigenvalue weighted by Gasteiger charge is -2.31. The van der Waals surface area contributed by atoms with Gasteiger partial charge in [-0.3, -0.25) is 4.90 Å². The fourth-order valence-electron chi connectivity index (χ4n) is 2.50. The minimum atomic E-state index is -0.650. The molecule has 1 aliphatic carbocycles. The van der Waals surface area contributed by atoms with Crippen LogP contribution in [0.25, 0.3) is 0 Å². The van der Waals surface area contributed by atoms with E-state index in [0.29, 0.717) is 25.1 Å². The van der Waals surface area contributed by atoms with E-state index < -0.39 is 5.60 Å². The Morgan fingerprint density at radius 3 is 2.67 bits per heavy atom. The van der Waals surface area contributed by atoms with E-state index >= 15 is 0 Å². The monoisotopic (exact) mass is 214 g/mol. The van der Waals surface area contributed by atoms with Crippen LogP contribution in [-0.4, -0.2) is 55.0 Å². The van der Waals surface area contributed by atoms with Crippen LogP contribution in [0.15, 0.2) is 0 Å². The van der Waals surface area contributed by atoms with E-state index in [-0.39, 0.29) is 0 Å². The first-order valence-corrected chi connectivity index (χ1v) is 5.85. The Morgan fingerprint density at radius 1 is 1.47 bits per heavy atom. The van der Waals surface area contributed by atoms with Crippen molar-refractivity contribution >= 4 is 0 Å². The lowest BCUT2D eigenvalue weighted by atomic mass is 9.97. The molecule has 1 heterocycles. The maximum absolute atomic E-state index is 10.4. The largest absolute Gasteiger partial charge is 0.387 e. The van der Waals surface area contributed by atoms with Crippen molar-refractivity contribution in [3.63, 3.8) is 0 Å². The molecule has 0 aromatic carbocycles. The molecule has 2 aliphatic rings. The average molecular weight is 214 g/mol. The molecule has 0 spiro atoms. The molecule has 2 rings (SSSR count). The first-order chi connectivity index (χ1) is 7.18. The molecule has 0 radical (unpaired) electrons. The van der Waals surface area contributed by atoms with Crippen LogP contribution in [-0.2, 0) is 4.74 Å². The standard InChI is InChI=1S/C11H22N2O2/c1-15-10-4-5-13(6-10)8-11(14,7-12)9-2-3-9/h9-10,14H,2-8,12H2,1H3. The van der Waals surface area contributed by atoms with Gasteiger partial charge in [-0.2, -0.15) is 0 Å². The highest BCUT2D eigenvalue weighted by molar-refractivity contribution is 4.98. The van der Waals surface area contributed by atoms with E-state index in [1.807, 2.05) is 0 Å². The molecule has 0 aromatic heterocycles. The molecule has 15 heavy (non-hydrogen) atoms. The van der Waals surface area contributed by atoms with E-state index in [0.717, 1.165) is 32.4 Å². The van der Waals surface area contributed by atoms with Gasteiger partial charge >= 0.3 is 0 Å². The highest BCUT2D eigenvalue weighted by atomic mass is 16.5. The minimum Gasteiger partial charge on any atom is -0.387 e. The molecule has 2 unspecified atom stereocenters. The van der Waals surface area contributed by atoms with Crippen LogP contribution in [0.5, 0.6) is 0 Å². The van der Waals surface area contributed by atoms with Crippen molar-refractivity contribution in [2.24, 2.45) is 11.7 Å². The van der Waals surface area contributed by atoms with Crippen LogP contribution in [0.2, 0.25) is 0 Å². The smallest absolute Gasteiger partial charge is 0.0923 e. The number of aliphatic hydroxyl groups is 1. The fraction of sp³-hybridized carbons (Fsp3) is 1.00. The summed E-state index contributed by atoms with van der Waals surface area (Å²) in [7, 11) is 1.75. The van der Waals surface area contributed by atoms with E-state index in [1.54, 1.807) is 7.11 Å². The van der Waals surface area contributed by atoms with Crippen molar-refractivity contribution in [2.45, 2.75) is 31.0 Å². The quantitative estimate of drug-likeness (QED) is 0.666. The Morgan fingerprint density at radius 2 is 2.20 bits per heavy atom. The first kappa shape index (κ1) is 11.3. The summed E-state index contributed by atoms with van der Waals surface area (Å²) in [6, 6.07) is 0. The van der Waals surface area contributed by atoms with E-state index in [4.69, 9.17) is 10.5 Å². The number of rotatable bonds is 5. The molecular weight excluding hydrogens is 192 g/mol. The van der Waals surface area contributed by atoms with Gasteiger partial charge in [0.2, 0.25) is 0 Å². The van der Waals surface area contributed by atoms with Gasteiger partial charge in [-0.25, -0.2) is 0 Å². The van der Waals surface area contributed by atoms with Gasteiger partial charge in [-0.05, 0) is 25.2 Å². The third kappa shape index (κ3) is 2.50. The molecule has 4 nitrogen and oxygen atoms in total. The highest BCUT2D eigenvalue weighted by Crippen LogP contribution is 2.40. The maximum Gasteiger partial charge on any atom is 0.0923 e. The molecule has 3 N–H and O–H groups in total. The van der Waals surface area contributed by atoms with Gasteiger partial charge in [0.05, 0.1) is 11.7 Å². The van der Waals surface area contributed by atoms with Gasteiger partial charge in [-0.1, -0.05) is 0 Å². The van der Waals surface area contributed by atoms with Crippen LogP contribution in [0.4, 0.5) is 0 Å². The van der Waals surface area contributed by atoms with Gasteiger partial charge in [0.25, 0.3) is 0 Å².